The zero-order chi connectivity index (χ0) is 35.5. The van der Waals surface area contributed by atoms with E-state index in [1.807, 2.05) is 69.3 Å². The van der Waals surface area contributed by atoms with Crippen LogP contribution in [0.2, 0.25) is 0 Å². The fourth-order valence-electron chi connectivity index (χ4n) is 4.95. The molecular formula is C41H35NO6S2. The highest BCUT2D eigenvalue weighted by atomic mass is 32.2. The maximum atomic E-state index is 10.8. The molecule has 3 N–H and O–H groups in total. The number of aromatic amines is 1. The summed E-state index contributed by atoms with van der Waals surface area (Å²) >= 11 is 3.35. The van der Waals surface area contributed by atoms with Crippen molar-refractivity contribution in [3.05, 3.63) is 119 Å². The molecule has 4 aromatic carbocycles. The normalized spacial score (nSPS) is 11.2. The third-order valence-corrected chi connectivity index (χ3v) is 9.27. The molecule has 0 amide bonds. The molecule has 7 nitrogen and oxygen atoms in total. The van der Waals surface area contributed by atoms with Gasteiger partial charge in [0.2, 0.25) is 0 Å². The summed E-state index contributed by atoms with van der Waals surface area (Å²) in [4.78, 5) is 27.2. The minimum atomic E-state index is -0.997. The first-order valence-electron chi connectivity index (χ1n) is 15.7. The number of hydrogen-bond donors (Lipinski definition) is 3. The van der Waals surface area contributed by atoms with Crippen molar-refractivity contribution in [2.45, 2.75) is 30.6 Å². The maximum Gasteiger partial charge on any atom is 0.341 e. The number of H-pyrrole nitrogens is 1. The second-order valence-electron chi connectivity index (χ2n) is 11.3. The predicted octanol–water partition coefficient (Wildman–Crippen LogP) is 8.65. The van der Waals surface area contributed by atoms with Crippen molar-refractivity contribution in [1.82, 2.24) is 4.98 Å². The van der Waals surface area contributed by atoms with Gasteiger partial charge in [-0.2, -0.15) is 0 Å². The van der Waals surface area contributed by atoms with Crippen LogP contribution >= 0.6 is 23.5 Å². The van der Waals surface area contributed by atoms with Crippen LogP contribution in [0.4, 0.5) is 0 Å². The molecule has 0 atom stereocenters. The van der Waals surface area contributed by atoms with E-state index in [0.717, 1.165) is 70.9 Å². The fraction of sp³-hybridized carbons (Fsp3) is 0.171. The van der Waals surface area contributed by atoms with Crippen LogP contribution < -0.4 is 9.47 Å². The number of carbonyl (C=O) groups is 2. The first-order chi connectivity index (χ1) is 24.1. The Balaban J connectivity index is 1.15. The van der Waals surface area contributed by atoms with Gasteiger partial charge in [-0.1, -0.05) is 48.0 Å². The van der Waals surface area contributed by atoms with Crippen LogP contribution in [0.25, 0.3) is 21.8 Å². The molecular weight excluding hydrogens is 667 g/mol. The zero-order valence-corrected chi connectivity index (χ0v) is 29.5. The summed E-state index contributed by atoms with van der Waals surface area (Å²) in [5.74, 6) is 13.6. The van der Waals surface area contributed by atoms with Crippen molar-refractivity contribution in [2.24, 2.45) is 0 Å². The molecule has 0 fully saturated rings. The predicted molar refractivity (Wildman–Crippen MR) is 203 cm³/mol. The molecule has 0 spiro atoms. The van der Waals surface area contributed by atoms with Gasteiger partial charge in [0.05, 0.1) is 0 Å². The smallest absolute Gasteiger partial charge is 0.341 e. The minimum absolute atomic E-state index is 0.353. The van der Waals surface area contributed by atoms with Crippen LogP contribution in [0.15, 0.2) is 106 Å². The van der Waals surface area contributed by atoms with Gasteiger partial charge in [0, 0.05) is 54.2 Å². The number of aliphatic carboxylic acids is 2. The molecule has 0 aliphatic carbocycles. The summed E-state index contributed by atoms with van der Waals surface area (Å²) in [5.41, 5.74) is 6.67. The lowest BCUT2D eigenvalue weighted by molar-refractivity contribution is -0.140. The molecule has 0 bridgehead atoms. The van der Waals surface area contributed by atoms with Gasteiger partial charge in [-0.25, -0.2) is 9.59 Å². The molecule has 5 aromatic rings. The molecule has 0 saturated heterocycles. The molecule has 0 aliphatic heterocycles. The van der Waals surface area contributed by atoms with E-state index >= 15 is 0 Å². The average molecular weight is 702 g/mol. The second-order valence-corrected chi connectivity index (χ2v) is 13.5. The van der Waals surface area contributed by atoms with Gasteiger partial charge in [-0.15, -0.1) is 23.5 Å². The number of carboxylic acid groups (broad SMARTS) is 2. The van der Waals surface area contributed by atoms with Gasteiger partial charge in [0.25, 0.3) is 0 Å². The highest BCUT2D eigenvalue weighted by Gasteiger charge is 2.07. The second kappa shape index (κ2) is 17.3. The summed E-state index contributed by atoms with van der Waals surface area (Å²) in [7, 11) is 0. The Hall–Kier alpha value is -5.48. The first-order valence-corrected chi connectivity index (χ1v) is 17.7. The fourth-order valence-corrected chi connectivity index (χ4v) is 6.71. The number of rotatable bonds is 12. The third-order valence-electron chi connectivity index (χ3n) is 7.40. The van der Waals surface area contributed by atoms with E-state index in [2.05, 4.69) is 59.0 Å². The van der Waals surface area contributed by atoms with E-state index in [9.17, 15) is 9.59 Å². The van der Waals surface area contributed by atoms with Gasteiger partial charge in [0.15, 0.2) is 13.2 Å². The summed E-state index contributed by atoms with van der Waals surface area (Å²) in [6.07, 6.45) is 5.98. The number of aryl methyl sites for hydroxylation is 2. The highest BCUT2D eigenvalue weighted by molar-refractivity contribution is 7.99. The summed E-state index contributed by atoms with van der Waals surface area (Å²) in [6.45, 7) is 5.10. The molecule has 0 aliphatic rings. The van der Waals surface area contributed by atoms with E-state index in [4.69, 9.17) is 19.7 Å². The van der Waals surface area contributed by atoms with Gasteiger partial charge in [0.1, 0.15) is 11.5 Å². The number of ether oxygens (including phenoxy) is 2. The van der Waals surface area contributed by atoms with Crippen LogP contribution in [0, 0.1) is 37.5 Å². The summed E-state index contributed by atoms with van der Waals surface area (Å²) < 4.78 is 10.6. The lowest BCUT2D eigenvalue weighted by atomic mass is 10.1. The van der Waals surface area contributed by atoms with Crippen LogP contribution in [0.5, 0.6) is 11.5 Å². The van der Waals surface area contributed by atoms with Gasteiger partial charge in [-0.3, -0.25) is 0 Å². The Labute approximate surface area is 299 Å². The highest BCUT2D eigenvalue weighted by Crippen LogP contribution is 2.28. The number of thioether (sulfide) groups is 2. The Bertz CT molecular complexity index is 2240. The minimum Gasteiger partial charge on any atom is -0.482 e. The standard InChI is InChI=1S/C41H35NO6S2/c1-27(18-20-50-33-13-17-39(29(3)22-33)48-26-41(45)46)8-9-31-11-15-35-34-14-10-30(23-36(34)42-37(35)24-31)7-5-4-6-19-49-32-12-16-38(28(2)21-32)47-25-40(43)44/h4,6,10-18,21-24,42H,19-20,25-26H2,1-3H3,(H,43,44)(H,45,46). The third kappa shape index (κ3) is 10.3. The Morgan fingerprint density at radius 3 is 1.82 bits per heavy atom. The zero-order valence-electron chi connectivity index (χ0n) is 27.8. The number of nitrogens with one attached hydrogen (secondary N) is 1. The average Bonchev–Trinajstić information content (AvgIpc) is 3.45. The van der Waals surface area contributed by atoms with Crippen molar-refractivity contribution in [1.29, 1.82) is 0 Å². The van der Waals surface area contributed by atoms with Crippen molar-refractivity contribution in [3.63, 3.8) is 0 Å². The van der Waals surface area contributed by atoms with Crippen LogP contribution in [0.1, 0.15) is 29.2 Å². The number of carboxylic acids is 2. The number of aromatic nitrogens is 1. The summed E-state index contributed by atoms with van der Waals surface area (Å²) in [6, 6.07) is 23.9. The van der Waals surface area contributed by atoms with E-state index in [1.165, 1.54) is 0 Å². The molecule has 0 unspecified atom stereocenters. The quantitative estimate of drug-likeness (QED) is 0.0877. The largest absolute Gasteiger partial charge is 0.482 e. The van der Waals surface area contributed by atoms with Crippen molar-refractivity contribution in [2.75, 3.05) is 24.7 Å². The van der Waals surface area contributed by atoms with E-state index in [0.29, 0.717) is 11.5 Å². The molecule has 0 radical (unpaired) electrons. The Kier molecular flexibility index (Phi) is 12.4. The molecule has 1 heterocycles. The van der Waals surface area contributed by atoms with Crippen LogP contribution in [0.3, 0.4) is 0 Å². The van der Waals surface area contributed by atoms with E-state index < -0.39 is 11.9 Å². The number of fused-ring (bicyclic) bond motifs is 3. The molecule has 1 aromatic heterocycles. The first kappa shape index (κ1) is 35.8. The van der Waals surface area contributed by atoms with Gasteiger partial charge in [-0.05, 0) is 104 Å². The van der Waals surface area contributed by atoms with Crippen molar-refractivity contribution < 1.29 is 29.3 Å². The number of benzene rings is 4. The maximum absolute atomic E-state index is 10.8. The molecule has 0 saturated carbocycles. The van der Waals surface area contributed by atoms with E-state index in [1.54, 1.807) is 35.7 Å². The molecule has 50 heavy (non-hydrogen) atoms. The Morgan fingerprint density at radius 2 is 1.28 bits per heavy atom. The van der Waals surface area contributed by atoms with Crippen molar-refractivity contribution in [3.8, 4) is 35.2 Å². The lowest BCUT2D eigenvalue weighted by Crippen LogP contribution is -2.09. The topological polar surface area (TPSA) is 109 Å². The molecule has 9 heteroatoms. The van der Waals surface area contributed by atoms with Gasteiger partial charge < -0.3 is 24.7 Å². The lowest BCUT2D eigenvalue weighted by Gasteiger charge is -2.08. The summed E-state index contributed by atoms with van der Waals surface area (Å²) in [5, 5.41) is 19.9. The van der Waals surface area contributed by atoms with Crippen LogP contribution in [-0.4, -0.2) is 51.9 Å². The van der Waals surface area contributed by atoms with Gasteiger partial charge >= 0.3 is 11.9 Å². The Morgan fingerprint density at radius 1 is 0.740 bits per heavy atom. The number of hydrogen-bond acceptors (Lipinski definition) is 6. The monoisotopic (exact) mass is 701 g/mol. The van der Waals surface area contributed by atoms with E-state index in [-0.39, 0.29) is 13.2 Å². The molecule has 252 valence electrons. The van der Waals surface area contributed by atoms with Crippen LogP contribution in [-0.2, 0) is 9.59 Å². The number of allylic oxidation sites excluding steroid dienone is 2. The molecule has 5 rings (SSSR count). The van der Waals surface area contributed by atoms with Crippen molar-refractivity contribution >= 4 is 57.3 Å². The SMILES string of the molecule is CC(C#Cc1ccc2c(c1)[nH]c1cc(C#CC=CCSc3ccc(OCC(=O)O)c(C)c3)ccc12)=CCSc1ccc(OCC(=O)O)c(C)c1.